The Balaban J connectivity index is 3.83. The molecule has 1 atom stereocenters. The topological polar surface area (TPSA) is 38.3 Å². The van der Waals surface area contributed by atoms with Crippen LogP contribution in [0.25, 0.3) is 0 Å². The molecule has 0 aliphatic carbocycles. The molecule has 0 fully saturated rings. The molecule has 84 valence electrons. The Morgan fingerprint density at radius 3 is 2.29 bits per heavy atom. The first kappa shape index (κ1) is 13.8. The van der Waals surface area contributed by atoms with Gasteiger partial charge >= 0.3 is 6.09 Å². The first-order valence-corrected chi connectivity index (χ1v) is 5.76. The molecule has 3 nitrogen and oxygen atoms in total. The van der Waals surface area contributed by atoms with Gasteiger partial charge in [0, 0.05) is 0 Å². The highest BCUT2D eigenvalue weighted by atomic mass is 79.9. The van der Waals surface area contributed by atoms with E-state index in [0.717, 1.165) is 6.42 Å². The molecule has 0 unspecified atom stereocenters. The van der Waals surface area contributed by atoms with Crippen LogP contribution in [0.3, 0.4) is 0 Å². The second-order valence-corrected chi connectivity index (χ2v) is 5.85. The Hall–Kier alpha value is -0.250. The van der Waals surface area contributed by atoms with Crippen molar-refractivity contribution in [1.82, 2.24) is 5.32 Å². The fraction of sp³-hybridized carbons (Fsp3) is 0.900. The summed E-state index contributed by atoms with van der Waals surface area (Å²) in [5, 5.41) is 2.72. The number of alkyl carbamates (subject to hydrolysis) is 1. The van der Waals surface area contributed by atoms with Crippen molar-refractivity contribution in [3.05, 3.63) is 0 Å². The first-order valence-electron chi connectivity index (χ1n) is 4.84. The number of hydrogen-bond donors (Lipinski definition) is 1. The van der Waals surface area contributed by atoms with Gasteiger partial charge in [0.25, 0.3) is 0 Å². The number of ether oxygens (including phenoxy) is 1. The fourth-order valence-electron chi connectivity index (χ4n) is 0.908. The van der Waals surface area contributed by atoms with Crippen molar-refractivity contribution >= 4 is 22.0 Å². The summed E-state index contributed by atoms with van der Waals surface area (Å²) in [7, 11) is 0. The van der Waals surface area contributed by atoms with Crippen molar-refractivity contribution in [2.75, 3.05) is 0 Å². The van der Waals surface area contributed by atoms with Crippen LogP contribution in [0.4, 0.5) is 4.79 Å². The van der Waals surface area contributed by atoms with E-state index in [0.29, 0.717) is 5.92 Å². The Morgan fingerprint density at radius 2 is 1.93 bits per heavy atom. The molecular formula is C10H20BrNO2. The van der Waals surface area contributed by atoms with E-state index in [9.17, 15) is 4.79 Å². The third-order valence-corrected chi connectivity index (χ3v) is 1.95. The zero-order valence-electron chi connectivity index (χ0n) is 9.56. The van der Waals surface area contributed by atoms with Crippen molar-refractivity contribution in [1.29, 1.82) is 0 Å². The number of hydrogen-bond acceptors (Lipinski definition) is 2. The first-order chi connectivity index (χ1) is 6.20. The molecule has 0 radical (unpaired) electrons. The molecule has 4 heteroatoms. The molecule has 0 heterocycles. The van der Waals surface area contributed by atoms with E-state index in [1.54, 1.807) is 0 Å². The van der Waals surface area contributed by atoms with Crippen LogP contribution in [-0.2, 0) is 4.74 Å². The maximum Gasteiger partial charge on any atom is 0.408 e. The lowest BCUT2D eigenvalue weighted by molar-refractivity contribution is 0.0520. The molecule has 1 N–H and O–H groups in total. The van der Waals surface area contributed by atoms with E-state index in [1.165, 1.54) is 0 Å². The molecule has 0 saturated heterocycles. The van der Waals surface area contributed by atoms with Gasteiger partial charge in [0.1, 0.15) is 5.60 Å². The van der Waals surface area contributed by atoms with Gasteiger partial charge in [0.05, 0.1) is 4.95 Å². The number of carbonyl (C=O) groups is 1. The SMILES string of the molecule is CC(C)C[C@H](Br)NC(=O)OC(C)(C)C. The second kappa shape index (κ2) is 5.59. The predicted octanol–water partition coefficient (Wildman–Crippen LogP) is 3.28. The third-order valence-electron chi connectivity index (χ3n) is 1.35. The summed E-state index contributed by atoms with van der Waals surface area (Å²) in [6.45, 7) is 9.74. The average molecular weight is 266 g/mol. The van der Waals surface area contributed by atoms with Gasteiger partial charge in [-0.15, -0.1) is 0 Å². The Bertz CT molecular complexity index is 187. The van der Waals surface area contributed by atoms with Gasteiger partial charge in [-0.25, -0.2) is 4.79 Å². The highest BCUT2D eigenvalue weighted by Crippen LogP contribution is 2.12. The monoisotopic (exact) mass is 265 g/mol. The summed E-state index contributed by atoms with van der Waals surface area (Å²) in [5.74, 6) is 0.536. The maximum absolute atomic E-state index is 11.3. The minimum Gasteiger partial charge on any atom is -0.444 e. The molecule has 0 rings (SSSR count). The van der Waals surface area contributed by atoms with Crippen molar-refractivity contribution in [2.45, 2.75) is 51.6 Å². The summed E-state index contributed by atoms with van der Waals surface area (Å²) in [6, 6.07) is 0. The minimum atomic E-state index is -0.436. The number of rotatable bonds is 3. The molecule has 14 heavy (non-hydrogen) atoms. The summed E-state index contributed by atoms with van der Waals surface area (Å²) in [4.78, 5) is 11.3. The van der Waals surface area contributed by atoms with Crippen LogP contribution in [0.5, 0.6) is 0 Å². The molecule has 0 aliphatic heterocycles. The van der Waals surface area contributed by atoms with Crippen LogP contribution in [0.2, 0.25) is 0 Å². The molecule has 0 aliphatic rings. The fourth-order valence-corrected chi connectivity index (χ4v) is 1.84. The predicted molar refractivity (Wildman–Crippen MR) is 61.5 cm³/mol. The largest absolute Gasteiger partial charge is 0.444 e. The van der Waals surface area contributed by atoms with Gasteiger partial charge in [-0.05, 0) is 33.1 Å². The smallest absolute Gasteiger partial charge is 0.408 e. The summed E-state index contributed by atoms with van der Waals surface area (Å²) < 4.78 is 5.11. The van der Waals surface area contributed by atoms with E-state index < -0.39 is 5.60 Å². The van der Waals surface area contributed by atoms with Gasteiger partial charge in [-0.3, -0.25) is 0 Å². The van der Waals surface area contributed by atoms with Crippen LogP contribution in [-0.4, -0.2) is 16.6 Å². The van der Waals surface area contributed by atoms with E-state index in [2.05, 4.69) is 35.1 Å². The summed E-state index contributed by atoms with van der Waals surface area (Å²) in [6.07, 6.45) is 0.513. The Morgan fingerprint density at radius 1 is 1.43 bits per heavy atom. The standard InChI is InChI=1S/C10H20BrNO2/c1-7(2)6-8(11)12-9(13)14-10(3,4)5/h7-8H,6H2,1-5H3,(H,12,13)/t8-/m1/s1. The van der Waals surface area contributed by atoms with Crippen LogP contribution in [0, 0.1) is 5.92 Å². The van der Waals surface area contributed by atoms with Crippen LogP contribution in [0.15, 0.2) is 0 Å². The maximum atomic E-state index is 11.3. The zero-order valence-corrected chi connectivity index (χ0v) is 11.1. The van der Waals surface area contributed by atoms with Gasteiger partial charge in [-0.2, -0.15) is 0 Å². The third kappa shape index (κ3) is 8.35. The molecule has 1 amide bonds. The van der Waals surface area contributed by atoms with Gasteiger partial charge in [-0.1, -0.05) is 29.8 Å². The summed E-state index contributed by atoms with van der Waals surface area (Å²) in [5.41, 5.74) is -0.436. The molecular weight excluding hydrogens is 246 g/mol. The normalized spacial score (nSPS) is 13.9. The number of alkyl halides is 1. The van der Waals surface area contributed by atoms with Gasteiger partial charge < -0.3 is 10.1 Å². The quantitative estimate of drug-likeness (QED) is 0.628. The zero-order chi connectivity index (χ0) is 11.4. The Kier molecular flexibility index (Phi) is 5.49. The van der Waals surface area contributed by atoms with Crippen LogP contribution < -0.4 is 5.32 Å². The minimum absolute atomic E-state index is 0.0163. The van der Waals surface area contributed by atoms with E-state index in [-0.39, 0.29) is 11.0 Å². The number of nitrogens with one attached hydrogen (secondary N) is 1. The van der Waals surface area contributed by atoms with E-state index in [1.807, 2.05) is 20.8 Å². The molecule has 0 bridgehead atoms. The van der Waals surface area contributed by atoms with Crippen LogP contribution >= 0.6 is 15.9 Å². The number of halogens is 1. The van der Waals surface area contributed by atoms with Crippen molar-refractivity contribution in [2.24, 2.45) is 5.92 Å². The Labute approximate surface area is 94.7 Å². The second-order valence-electron chi connectivity index (χ2n) is 4.74. The summed E-state index contributed by atoms with van der Waals surface area (Å²) >= 11 is 3.37. The van der Waals surface area contributed by atoms with Gasteiger partial charge in [0.2, 0.25) is 0 Å². The highest BCUT2D eigenvalue weighted by molar-refractivity contribution is 9.09. The van der Waals surface area contributed by atoms with E-state index >= 15 is 0 Å². The molecule has 0 spiro atoms. The molecule has 0 aromatic rings. The lowest BCUT2D eigenvalue weighted by Gasteiger charge is -2.21. The van der Waals surface area contributed by atoms with Gasteiger partial charge in [0.15, 0.2) is 0 Å². The van der Waals surface area contributed by atoms with Crippen molar-refractivity contribution in [3.63, 3.8) is 0 Å². The number of carbonyl (C=O) groups excluding carboxylic acids is 1. The number of amides is 1. The molecule has 0 saturated carbocycles. The van der Waals surface area contributed by atoms with E-state index in [4.69, 9.17) is 4.74 Å². The molecule has 0 aromatic heterocycles. The lowest BCUT2D eigenvalue weighted by atomic mass is 10.1. The van der Waals surface area contributed by atoms with Crippen molar-refractivity contribution in [3.8, 4) is 0 Å². The highest BCUT2D eigenvalue weighted by Gasteiger charge is 2.18. The molecule has 0 aromatic carbocycles. The lowest BCUT2D eigenvalue weighted by Crippen LogP contribution is -2.36. The van der Waals surface area contributed by atoms with Crippen molar-refractivity contribution < 1.29 is 9.53 Å². The van der Waals surface area contributed by atoms with Crippen LogP contribution in [0.1, 0.15) is 41.0 Å². The average Bonchev–Trinajstić information content (AvgIpc) is 1.77.